The number of pyridine rings is 1. The molecule has 3 aromatic carbocycles. The van der Waals surface area contributed by atoms with Crippen LogP contribution in [0.5, 0.6) is 11.5 Å². The summed E-state index contributed by atoms with van der Waals surface area (Å²) in [7, 11) is 0. The highest BCUT2D eigenvalue weighted by Crippen LogP contribution is 2.65. The highest BCUT2D eigenvalue weighted by Gasteiger charge is 2.71. The number of alkyl halides is 3. The van der Waals surface area contributed by atoms with Gasteiger partial charge in [0.2, 0.25) is 11.8 Å². The number of nitrogens with zero attached hydrogens (tertiary/aromatic N) is 3. The van der Waals surface area contributed by atoms with Gasteiger partial charge in [-0.3, -0.25) is 29.5 Å². The van der Waals surface area contributed by atoms with Crippen molar-refractivity contribution in [3.8, 4) is 11.5 Å². The van der Waals surface area contributed by atoms with E-state index < -0.39 is 69.5 Å². The van der Waals surface area contributed by atoms with Crippen LogP contribution in [0.1, 0.15) is 42.4 Å². The van der Waals surface area contributed by atoms with E-state index >= 15 is 4.79 Å². The normalized spacial score (nSPS) is 26.1. The average molecular weight is 792 g/mol. The van der Waals surface area contributed by atoms with E-state index in [0.717, 1.165) is 0 Å². The van der Waals surface area contributed by atoms with E-state index in [1.54, 1.807) is 79.7 Å². The van der Waals surface area contributed by atoms with Crippen molar-refractivity contribution < 1.29 is 42.2 Å². The summed E-state index contributed by atoms with van der Waals surface area (Å²) in [5.74, 6) is -7.75. The molecule has 0 radical (unpaired) electrons. The lowest BCUT2D eigenvalue weighted by Crippen LogP contribution is -2.53. The van der Waals surface area contributed by atoms with Crippen molar-refractivity contribution in [2.45, 2.75) is 37.3 Å². The summed E-state index contributed by atoms with van der Waals surface area (Å²) < 4.78 is 46.2. The molecule has 1 aromatic heterocycles. The molecule has 0 unspecified atom stereocenters. The quantitative estimate of drug-likeness (QED) is 0.144. The first-order valence-electron chi connectivity index (χ1n) is 17.5. The lowest BCUT2D eigenvalue weighted by molar-refractivity contribution is -0.139. The molecule has 4 aliphatic rings. The third kappa shape index (κ3) is 5.57. The number of halogens is 5. The average Bonchev–Trinajstić information content (AvgIpc) is 3.54. The van der Waals surface area contributed by atoms with Crippen LogP contribution in [0.15, 0.2) is 96.7 Å². The fourth-order valence-electron chi connectivity index (χ4n) is 9.00. The zero-order chi connectivity index (χ0) is 39.0. The maximum absolute atomic E-state index is 15.4. The minimum atomic E-state index is -4.76. The van der Waals surface area contributed by atoms with Gasteiger partial charge in [-0.05, 0) is 67.6 Å². The second-order valence-electron chi connectivity index (χ2n) is 13.9. The van der Waals surface area contributed by atoms with E-state index in [9.17, 15) is 32.7 Å². The molecule has 2 N–H and O–H groups in total. The molecule has 2 aliphatic carbocycles. The molecule has 4 amide bonds. The topological polar surface area (TPSA) is 129 Å². The van der Waals surface area contributed by atoms with Crippen molar-refractivity contribution in [3.05, 3.63) is 123 Å². The van der Waals surface area contributed by atoms with Gasteiger partial charge in [0.15, 0.2) is 17.3 Å². The van der Waals surface area contributed by atoms with Crippen molar-refractivity contribution >= 4 is 58.3 Å². The molecule has 8 rings (SSSR count). The molecule has 0 bridgehead atoms. The van der Waals surface area contributed by atoms with Crippen LogP contribution < -0.4 is 15.1 Å². The Hall–Kier alpha value is -5.40. The highest BCUT2D eigenvalue weighted by atomic mass is 35.5. The van der Waals surface area contributed by atoms with Crippen LogP contribution in [0.25, 0.3) is 0 Å². The van der Waals surface area contributed by atoms with Gasteiger partial charge in [-0.15, -0.1) is 0 Å². The number of imide groups is 2. The molecule has 15 heteroatoms. The largest absolute Gasteiger partial charge is 0.504 e. The lowest BCUT2D eigenvalue weighted by Gasteiger charge is -2.50. The minimum absolute atomic E-state index is 0.0728. The number of carbonyl (C=O) groups is 4. The summed E-state index contributed by atoms with van der Waals surface area (Å²) in [5.41, 5.74) is 1.20. The first kappa shape index (κ1) is 36.6. The van der Waals surface area contributed by atoms with Crippen LogP contribution in [-0.2, 0) is 30.8 Å². The Bertz CT molecular complexity index is 2290. The number of anilines is 2. The molecule has 0 spiro atoms. The molecule has 55 heavy (non-hydrogen) atoms. The number of rotatable bonds is 7. The maximum Gasteiger partial charge on any atom is 0.417 e. The second-order valence-corrected chi connectivity index (χ2v) is 14.7. The Labute approximate surface area is 322 Å². The number of hydrogen-bond donors (Lipinski definition) is 2. The zero-order valence-electron chi connectivity index (χ0n) is 28.9. The van der Waals surface area contributed by atoms with Gasteiger partial charge >= 0.3 is 6.18 Å². The number of phenolic OH excluding ortho intramolecular Hbond substituents is 1. The monoisotopic (exact) mass is 790 g/mol. The van der Waals surface area contributed by atoms with Gasteiger partial charge < -0.3 is 9.84 Å². The van der Waals surface area contributed by atoms with Crippen molar-refractivity contribution in [2.24, 2.45) is 23.7 Å². The number of amides is 4. The predicted molar refractivity (Wildman–Crippen MR) is 195 cm³/mol. The summed E-state index contributed by atoms with van der Waals surface area (Å²) in [6, 6.07) is 20.3. The number of nitrogens with one attached hydrogen (secondary N) is 1. The number of hydrogen-bond acceptors (Lipinski definition) is 8. The third-order valence-corrected chi connectivity index (χ3v) is 11.8. The third-order valence-electron chi connectivity index (χ3n) is 11.2. The van der Waals surface area contributed by atoms with Crippen LogP contribution >= 0.6 is 23.2 Å². The lowest BCUT2D eigenvalue weighted by atomic mass is 9.49. The maximum atomic E-state index is 15.4. The predicted octanol–water partition coefficient (Wildman–Crippen LogP) is 7.70. The summed E-state index contributed by atoms with van der Waals surface area (Å²) in [4.78, 5) is 63.6. The standard InChI is InChI=1S/C40H31Cl2F3N4O6/c1-2-55-30-10-6-9-26(33(30)50)32-24-15-16-25-31(37(53)48(35(25)51)23-7-4-3-5-8-23)27(24)18-28-36(52)49(38(54)39(28,32)20-11-13-22(41)14-12-20)47-34-29(42)17-21(19-46-34)40(43,44)45/h3-15,17,19,25,27-28,31-32,50H,2,16,18H2,1H3,(H,46,47)/t25-,27+,28-,31-,32+,39+/m0/s1. The Kier molecular flexibility index (Phi) is 8.92. The summed E-state index contributed by atoms with van der Waals surface area (Å²) in [5, 5.41) is 12.4. The molecule has 282 valence electrons. The molecule has 2 aliphatic heterocycles. The molecule has 3 fully saturated rings. The van der Waals surface area contributed by atoms with E-state index in [0.29, 0.717) is 39.1 Å². The number of fused-ring (bicyclic) bond motifs is 4. The Morgan fingerprint density at radius 1 is 0.945 bits per heavy atom. The highest BCUT2D eigenvalue weighted by molar-refractivity contribution is 6.33. The molecule has 1 saturated carbocycles. The van der Waals surface area contributed by atoms with Crippen molar-refractivity contribution in [2.75, 3.05) is 16.9 Å². The van der Waals surface area contributed by atoms with Crippen LogP contribution in [0, 0.1) is 23.7 Å². The molecule has 10 nitrogen and oxygen atoms in total. The number of phenols is 1. The van der Waals surface area contributed by atoms with Crippen molar-refractivity contribution in [3.63, 3.8) is 0 Å². The molecule has 6 atom stereocenters. The van der Waals surface area contributed by atoms with Crippen LogP contribution in [0.4, 0.5) is 24.7 Å². The number of carbonyl (C=O) groups excluding carboxylic acids is 4. The molecular formula is C40H31Cl2F3N4O6. The summed E-state index contributed by atoms with van der Waals surface area (Å²) in [6.07, 6.45) is -2.33. The van der Waals surface area contributed by atoms with Crippen molar-refractivity contribution in [1.82, 2.24) is 9.99 Å². The van der Waals surface area contributed by atoms with Gasteiger partial charge in [0.25, 0.3) is 11.8 Å². The summed E-state index contributed by atoms with van der Waals surface area (Å²) in [6.45, 7) is 1.94. The number of aromatic hydroxyl groups is 1. The van der Waals surface area contributed by atoms with Crippen LogP contribution in [0.3, 0.4) is 0 Å². The first-order valence-corrected chi connectivity index (χ1v) is 18.3. The van der Waals surface area contributed by atoms with Crippen LogP contribution in [0.2, 0.25) is 10.0 Å². The number of aromatic nitrogens is 1. The number of hydrazine groups is 1. The van der Waals surface area contributed by atoms with Gasteiger partial charge in [-0.1, -0.05) is 77.3 Å². The van der Waals surface area contributed by atoms with Gasteiger partial charge in [0, 0.05) is 22.7 Å². The number of para-hydroxylation sites is 2. The smallest absolute Gasteiger partial charge is 0.417 e. The van der Waals surface area contributed by atoms with E-state index in [1.807, 2.05) is 6.08 Å². The van der Waals surface area contributed by atoms with E-state index in [2.05, 4.69) is 10.4 Å². The van der Waals surface area contributed by atoms with E-state index in [-0.39, 0.29) is 48.2 Å². The van der Waals surface area contributed by atoms with Crippen molar-refractivity contribution in [1.29, 1.82) is 0 Å². The van der Waals surface area contributed by atoms with Gasteiger partial charge in [0.1, 0.15) is 0 Å². The Morgan fingerprint density at radius 3 is 2.35 bits per heavy atom. The Morgan fingerprint density at radius 2 is 1.67 bits per heavy atom. The molecule has 3 heterocycles. The van der Waals surface area contributed by atoms with Gasteiger partial charge in [-0.25, -0.2) is 4.98 Å². The second kappa shape index (κ2) is 13.4. The number of allylic oxidation sites excluding steroid dienone is 2. The molecule has 4 aromatic rings. The fourth-order valence-corrected chi connectivity index (χ4v) is 9.34. The SMILES string of the molecule is CCOc1cccc([C@H]2C3=CC[C@@H]4C(=O)N(c5ccccc5)C(=O)[C@@H]4[C@@H]3C[C@H]3C(=O)N(Nc4ncc(C(F)(F)F)cc4Cl)C(=O)[C@@]23c2ccc(Cl)cc2)c1O. The molecule has 2 saturated heterocycles. The van der Waals surface area contributed by atoms with E-state index in [1.165, 1.54) is 4.90 Å². The molecular weight excluding hydrogens is 760 g/mol. The summed E-state index contributed by atoms with van der Waals surface area (Å²) >= 11 is 12.6. The van der Waals surface area contributed by atoms with Gasteiger partial charge in [0.05, 0.1) is 46.0 Å². The zero-order valence-corrected chi connectivity index (χ0v) is 30.4. The van der Waals surface area contributed by atoms with E-state index in [4.69, 9.17) is 27.9 Å². The number of benzene rings is 3. The first-order chi connectivity index (χ1) is 26.3. The van der Waals surface area contributed by atoms with Crippen LogP contribution in [-0.4, -0.2) is 45.3 Å². The van der Waals surface area contributed by atoms with Gasteiger partial charge in [-0.2, -0.15) is 18.2 Å². The number of ether oxygens (including phenoxy) is 1. The minimum Gasteiger partial charge on any atom is -0.504 e. The Balaban J connectivity index is 1.33. The fraction of sp³-hybridized carbons (Fsp3) is 0.275.